The highest BCUT2D eigenvalue weighted by atomic mass is 35.5. The average Bonchev–Trinajstić information content (AvgIpc) is 2.81. The molecular formula is C11H11ClFN3S. The maximum atomic E-state index is 13.3. The van der Waals surface area contributed by atoms with Crippen LogP contribution in [0.25, 0.3) is 10.6 Å². The number of nitrogens with zero attached hydrogens (tertiary/aromatic N) is 2. The van der Waals surface area contributed by atoms with E-state index in [1.165, 1.54) is 23.5 Å². The van der Waals surface area contributed by atoms with Crippen LogP contribution in [0.5, 0.6) is 0 Å². The minimum Gasteiger partial charge on any atom is -0.322 e. The van der Waals surface area contributed by atoms with E-state index >= 15 is 0 Å². The van der Waals surface area contributed by atoms with Crippen molar-refractivity contribution in [3.8, 4) is 10.6 Å². The summed E-state index contributed by atoms with van der Waals surface area (Å²) in [6, 6.07) is 4.46. The predicted molar refractivity (Wildman–Crippen MR) is 67.5 cm³/mol. The first-order valence-corrected chi connectivity index (χ1v) is 6.35. The molecule has 0 saturated heterocycles. The third kappa shape index (κ3) is 2.62. The van der Waals surface area contributed by atoms with Crippen molar-refractivity contribution in [1.82, 2.24) is 10.2 Å². The van der Waals surface area contributed by atoms with Crippen LogP contribution in [0.1, 0.15) is 24.4 Å². The molecule has 0 spiro atoms. The maximum absolute atomic E-state index is 13.3. The Kier molecular flexibility index (Phi) is 3.71. The molecule has 0 fully saturated rings. The van der Waals surface area contributed by atoms with Gasteiger partial charge in [-0.05, 0) is 18.6 Å². The van der Waals surface area contributed by atoms with E-state index in [1.807, 2.05) is 6.92 Å². The van der Waals surface area contributed by atoms with Crippen LogP contribution >= 0.6 is 22.9 Å². The number of halogens is 2. The van der Waals surface area contributed by atoms with Crippen molar-refractivity contribution in [2.75, 3.05) is 0 Å². The Labute approximate surface area is 107 Å². The Morgan fingerprint density at radius 3 is 2.88 bits per heavy atom. The third-order valence-electron chi connectivity index (χ3n) is 2.36. The van der Waals surface area contributed by atoms with Crippen molar-refractivity contribution in [2.24, 2.45) is 5.73 Å². The molecule has 1 heterocycles. The van der Waals surface area contributed by atoms with Crippen molar-refractivity contribution in [1.29, 1.82) is 0 Å². The first kappa shape index (κ1) is 12.4. The average molecular weight is 272 g/mol. The van der Waals surface area contributed by atoms with Gasteiger partial charge in [-0.2, -0.15) is 0 Å². The largest absolute Gasteiger partial charge is 0.322 e. The summed E-state index contributed by atoms with van der Waals surface area (Å²) in [5.74, 6) is -0.458. The van der Waals surface area contributed by atoms with Gasteiger partial charge in [0.05, 0.1) is 11.1 Å². The zero-order chi connectivity index (χ0) is 12.4. The zero-order valence-electron chi connectivity index (χ0n) is 9.15. The van der Waals surface area contributed by atoms with Gasteiger partial charge in [-0.15, -0.1) is 10.2 Å². The lowest BCUT2D eigenvalue weighted by atomic mass is 10.2. The molecule has 0 bridgehead atoms. The minimum atomic E-state index is -0.458. The predicted octanol–water partition coefficient (Wildman–Crippen LogP) is 3.41. The van der Waals surface area contributed by atoms with Gasteiger partial charge in [0.15, 0.2) is 0 Å². The SMILES string of the molecule is CCC(N)c1nnc(-c2ccc(Cl)c(F)c2)s1. The molecule has 0 amide bonds. The van der Waals surface area contributed by atoms with Gasteiger partial charge in [-0.1, -0.05) is 35.9 Å². The van der Waals surface area contributed by atoms with E-state index in [9.17, 15) is 4.39 Å². The molecule has 1 aromatic carbocycles. The third-order valence-corrected chi connectivity index (χ3v) is 3.77. The van der Waals surface area contributed by atoms with Gasteiger partial charge in [-0.3, -0.25) is 0 Å². The normalized spacial score (nSPS) is 12.7. The fourth-order valence-electron chi connectivity index (χ4n) is 1.30. The van der Waals surface area contributed by atoms with Crippen LogP contribution in [-0.4, -0.2) is 10.2 Å². The van der Waals surface area contributed by atoms with E-state index in [1.54, 1.807) is 6.07 Å². The van der Waals surface area contributed by atoms with Gasteiger partial charge in [-0.25, -0.2) is 4.39 Å². The van der Waals surface area contributed by atoms with Gasteiger partial charge >= 0.3 is 0 Å². The second kappa shape index (κ2) is 5.08. The summed E-state index contributed by atoms with van der Waals surface area (Å²) in [4.78, 5) is 0. The second-order valence-electron chi connectivity index (χ2n) is 3.59. The monoisotopic (exact) mass is 271 g/mol. The highest BCUT2D eigenvalue weighted by Gasteiger charge is 2.12. The Bertz CT molecular complexity index is 529. The Morgan fingerprint density at radius 2 is 2.24 bits per heavy atom. The Morgan fingerprint density at radius 1 is 1.47 bits per heavy atom. The molecule has 17 heavy (non-hydrogen) atoms. The first-order valence-electron chi connectivity index (χ1n) is 5.16. The number of hydrogen-bond donors (Lipinski definition) is 1. The summed E-state index contributed by atoms with van der Waals surface area (Å²) in [6.45, 7) is 1.98. The van der Waals surface area contributed by atoms with E-state index in [-0.39, 0.29) is 11.1 Å². The van der Waals surface area contributed by atoms with Crippen LogP contribution in [0.4, 0.5) is 4.39 Å². The standard InChI is InChI=1S/C11H11ClFN3S/c1-2-9(14)11-16-15-10(17-11)6-3-4-7(12)8(13)5-6/h3-5,9H,2,14H2,1H3. The molecule has 2 N–H and O–H groups in total. The molecule has 2 aromatic rings. The number of benzene rings is 1. The molecule has 3 nitrogen and oxygen atoms in total. The van der Waals surface area contributed by atoms with E-state index in [0.717, 1.165) is 11.4 Å². The van der Waals surface area contributed by atoms with E-state index in [2.05, 4.69) is 10.2 Å². The number of nitrogens with two attached hydrogens (primary N) is 1. The van der Waals surface area contributed by atoms with E-state index in [0.29, 0.717) is 10.6 Å². The highest BCUT2D eigenvalue weighted by molar-refractivity contribution is 7.14. The number of hydrogen-bond acceptors (Lipinski definition) is 4. The molecule has 0 aliphatic rings. The second-order valence-corrected chi connectivity index (χ2v) is 5.01. The van der Waals surface area contributed by atoms with Crippen molar-refractivity contribution in [2.45, 2.75) is 19.4 Å². The summed E-state index contributed by atoms with van der Waals surface area (Å²) in [5.41, 5.74) is 6.52. The molecule has 6 heteroatoms. The molecule has 1 aromatic heterocycles. The van der Waals surface area contributed by atoms with E-state index < -0.39 is 5.82 Å². The summed E-state index contributed by atoms with van der Waals surface area (Å²) in [7, 11) is 0. The number of aromatic nitrogens is 2. The molecule has 90 valence electrons. The quantitative estimate of drug-likeness (QED) is 0.931. The maximum Gasteiger partial charge on any atom is 0.147 e. The Hall–Kier alpha value is -1.04. The fraction of sp³-hybridized carbons (Fsp3) is 0.273. The number of rotatable bonds is 3. The first-order chi connectivity index (χ1) is 8.11. The molecular weight excluding hydrogens is 261 g/mol. The summed E-state index contributed by atoms with van der Waals surface area (Å²) in [6.07, 6.45) is 0.795. The van der Waals surface area contributed by atoms with Gasteiger partial charge in [0, 0.05) is 5.56 Å². The van der Waals surface area contributed by atoms with Crippen LogP contribution in [0, 0.1) is 5.82 Å². The lowest BCUT2D eigenvalue weighted by Crippen LogP contribution is -2.07. The summed E-state index contributed by atoms with van der Waals surface area (Å²) in [5, 5.41) is 9.52. The van der Waals surface area contributed by atoms with Gasteiger partial charge < -0.3 is 5.73 Å². The lowest BCUT2D eigenvalue weighted by Gasteiger charge is -2.01. The smallest absolute Gasteiger partial charge is 0.147 e. The van der Waals surface area contributed by atoms with Crippen LogP contribution in [-0.2, 0) is 0 Å². The van der Waals surface area contributed by atoms with Crippen molar-refractivity contribution < 1.29 is 4.39 Å². The highest BCUT2D eigenvalue weighted by Crippen LogP contribution is 2.29. The molecule has 1 unspecified atom stereocenters. The fourth-order valence-corrected chi connectivity index (χ4v) is 2.35. The molecule has 0 saturated carbocycles. The summed E-state index contributed by atoms with van der Waals surface area (Å²) < 4.78 is 13.3. The van der Waals surface area contributed by atoms with E-state index in [4.69, 9.17) is 17.3 Å². The van der Waals surface area contributed by atoms with Crippen molar-refractivity contribution in [3.63, 3.8) is 0 Å². The van der Waals surface area contributed by atoms with Crippen LogP contribution in [0.2, 0.25) is 5.02 Å². The van der Waals surface area contributed by atoms with Crippen molar-refractivity contribution in [3.05, 3.63) is 34.0 Å². The molecule has 2 rings (SSSR count). The topological polar surface area (TPSA) is 51.8 Å². The van der Waals surface area contributed by atoms with Gasteiger partial charge in [0.25, 0.3) is 0 Å². The molecule has 0 aliphatic carbocycles. The van der Waals surface area contributed by atoms with Crippen LogP contribution in [0.3, 0.4) is 0 Å². The lowest BCUT2D eigenvalue weighted by molar-refractivity contribution is 0.628. The summed E-state index contributed by atoms with van der Waals surface area (Å²) >= 11 is 6.99. The van der Waals surface area contributed by atoms with Gasteiger partial charge in [0.2, 0.25) is 0 Å². The molecule has 1 atom stereocenters. The van der Waals surface area contributed by atoms with Crippen LogP contribution < -0.4 is 5.73 Å². The van der Waals surface area contributed by atoms with Gasteiger partial charge in [0.1, 0.15) is 15.8 Å². The Balaban J connectivity index is 2.33. The van der Waals surface area contributed by atoms with Crippen molar-refractivity contribution >= 4 is 22.9 Å². The van der Waals surface area contributed by atoms with Crippen LogP contribution in [0.15, 0.2) is 18.2 Å². The molecule has 0 radical (unpaired) electrons. The zero-order valence-corrected chi connectivity index (χ0v) is 10.7. The minimum absolute atomic E-state index is 0.101. The molecule has 0 aliphatic heterocycles.